The zero-order valence-corrected chi connectivity index (χ0v) is 66.9. The fraction of sp³-hybridized carbons (Fsp3) is 0.0183. The molecular weight excluding hydrogens is 1530 g/mol. The van der Waals surface area contributed by atoms with Crippen LogP contribution in [0.15, 0.2) is 398 Å². The lowest BCUT2D eigenvalue weighted by Gasteiger charge is -2.16. The highest BCUT2D eigenvalue weighted by atomic mass is 32.2. The Balaban J connectivity index is 0.000000101. The first-order chi connectivity index (χ1) is 60.5. The lowest BCUT2D eigenvalue weighted by atomic mass is 9.87. The number of fused-ring (bicyclic) bond motifs is 30. The number of rotatable bonds is 7. The molecule has 1 aliphatic heterocycles. The Morgan fingerprint density at radius 3 is 1.28 bits per heavy atom. The third kappa shape index (κ3) is 11.0. The van der Waals surface area contributed by atoms with E-state index in [0.717, 1.165) is 127 Å². The molecule has 0 N–H and O–H groups in total. The molecule has 0 saturated heterocycles. The van der Waals surface area contributed by atoms with Gasteiger partial charge in [-0.3, -0.25) is 13.7 Å². The number of allylic oxidation sites excluding steroid dienone is 3. The van der Waals surface area contributed by atoms with Gasteiger partial charge in [-0.1, -0.05) is 334 Å². The van der Waals surface area contributed by atoms with Gasteiger partial charge in [0.25, 0.3) is 0 Å². The molecule has 25 aromatic rings. The predicted molar refractivity (Wildman–Crippen MR) is 507 cm³/mol. The zero-order valence-electron chi connectivity index (χ0n) is 65.3. The number of thioether (sulfide) groups is 1. The Bertz CT molecular complexity index is 8310. The summed E-state index contributed by atoms with van der Waals surface area (Å²) >= 11 is 3.88. The molecule has 570 valence electrons. The summed E-state index contributed by atoms with van der Waals surface area (Å²) in [7, 11) is 0. The van der Waals surface area contributed by atoms with Crippen LogP contribution in [0.1, 0.15) is 11.5 Å². The molecule has 0 amide bonds. The van der Waals surface area contributed by atoms with E-state index in [4.69, 9.17) is 39.3 Å². The first kappa shape index (κ1) is 69.6. The van der Waals surface area contributed by atoms with Crippen LogP contribution in [-0.2, 0) is 0 Å². The maximum Gasteiger partial charge on any atom is 0.238 e. The zero-order chi connectivity index (χ0) is 80.0. The molecule has 9 heterocycles. The van der Waals surface area contributed by atoms with Crippen molar-refractivity contribution in [2.75, 3.05) is 0 Å². The average Bonchev–Trinajstić information content (AvgIpc) is 1.51. The number of benzene rings is 17. The van der Waals surface area contributed by atoms with Crippen molar-refractivity contribution < 1.29 is 4.42 Å². The fourth-order valence-electron chi connectivity index (χ4n) is 19.0. The second-order valence-electron chi connectivity index (χ2n) is 31.2. The van der Waals surface area contributed by atoms with Crippen molar-refractivity contribution in [3.63, 3.8) is 0 Å². The number of para-hydroxylation sites is 5. The third-order valence-corrected chi connectivity index (χ3v) is 27.1. The minimum atomic E-state index is 0.319. The average molecular weight is 1600 g/mol. The van der Waals surface area contributed by atoms with E-state index in [0.29, 0.717) is 40.7 Å². The minimum Gasteiger partial charge on any atom is -0.455 e. The topological polar surface area (TPSA) is 118 Å². The summed E-state index contributed by atoms with van der Waals surface area (Å²) in [5.41, 5.74) is 17.6. The Labute approximate surface area is 705 Å². The number of nitrogens with zero attached hydrogens (tertiary/aromatic N) is 10. The van der Waals surface area contributed by atoms with Gasteiger partial charge in [-0.15, -0.1) is 23.1 Å². The van der Waals surface area contributed by atoms with Gasteiger partial charge in [0.05, 0.1) is 60.9 Å². The lowest BCUT2D eigenvalue weighted by molar-refractivity contribution is 0.676. The van der Waals surface area contributed by atoms with E-state index in [1.54, 1.807) is 0 Å². The maximum absolute atomic E-state index is 6.75. The van der Waals surface area contributed by atoms with Crippen molar-refractivity contribution >= 4 is 185 Å². The van der Waals surface area contributed by atoms with Gasteiger partial charge in [-0.2, -0.15) is 9.97 Å². The van der Waals surface area contributed by atoms with Crippen LogP contribution in [0.5, 0.6) is 0 Å². The first-order valence-electron chi connectivity index (χ1n) is 41.1. The highest BCUT2D eigenvalue weighted by Gasteiger charge is 2.37. The summed E-state index contributed by atoms with van der Waals surface area (Å²) in [6.07, 6.45) is 9.10. The molecule has 13 heteroatoms. The fourth-order valence-corrected chi connectivity index (χ4v) is 21.9. The number of furan rings is 1. The first-order valence-corrected chi connectivity index (χ1v) is 42.8. The van der Waals surface area contributed by atoms with E-state index < -0.39 is 0 Å². The Morgan fingerprint density at radius 2 is 0.680 bits per heavy atom. The SMILES string of the molecule is C1=CC2Sc3c(c4c5ccccc5n(-c5nc(-c6ccccc6)nc(-c6ccccc6)n5)c4c4ccccc34)C2C=C1.c1ccc(-c2nc(-n3c4ccccc4c4c5oc6c7ccccc7ccc6c5ccc43)nc3ccccc23)cc1.c1ccc(-c2nc(-n3c4ccccc4c4c5sc6c7ccccc7ccc6c5ccc43)nc3ccccc23)cc1. The number of hydrogen-bond acceptors (Lipinski definition) is 10. The lowest BCUT2D eigenvalue weighted by Crippen LogP contribution is -2.08. The summed E-state index contributed by atoms with van der Waals surface area (Å²) in [6.45, 7) is 0. The summed E-state index contributed by atoms with van der Waals surface area (Å²) in [5.74, 6) is 3.60. The van der Waals surface area contributed by atoms with Crippen molar-refractivity contribution in [1.82, 2.24) is 48.6 Å². The summed E-state index contributed by atoms with van der Waals surface area (Å²) in [6, 6.07) is 127. The standard InChI is InChI=1S/C37H24N4S.C36H21N3O.C36H21N3S/c1-3-13-23(14-4-1)35-38-36(24-15-5-2-6-16-24)40-37(39-35)41-29-21-11-9-19-27(29)31-32-28-20-10-12-22-30(28)42-34(32)26-18-8-7-17-25(26)33(31)41;2*1-2-11-23(12-3-1)33-27-14-6-8-16-29(27)37-36(38-33)39-30-17-9-7-15-28(30)32-31(39)21-20-26-25-19-18-22-10-4-5-13-24(22)34(25)40-35(26)32/h1-22,28,30H;2*1-21H. The maximum atomic E-state index is 6.75. The molecule has 1 aliphatic carbocycles. The van der Waals surface area contributed by atoms with Crippen LogP contribution in [0.4, 0.5) is 0 Å². The van der Waals surface area contributed by atoms with Gasteiger partial charge in [-0.25, -0.2) is 24.9 Å². The van der Waals surface area contributed by atoms with Gasteiger partial charge in [-0.05, 0) is 81.7 Å². The molecule has 0 bridgehead atoms. The van der Waals surface area contributed by atoms with E-state index in [2.05, 4.69) is 323 Å². The largest absolute Gasteiger partial charge is 0.455 e. The minimum absolute atomic E-state index is 0.319. The molecule has 0 radical (unpaired) electrons. The van der Waals surface area contributed by atoms with Crippen molar-refractivity contribution in [3.8, 4) is 63.1 Å². The van der Waals surface area contributed by atoms with E-state index >= 15 is 0 Å². The Kier molecular flexibility index (Phi) is 16.0. The third-order valence-electron chi connectivity index (χ3n) is 24.4. The highest BCUT2D eigenvalue weighted by molar-refractivity contribution is 8.00. The quantitative estimate of drug-likeness (QED) is 0.154. The van der Waals surface area contributed by atoms with Crippen molar-refractivity contribution in [1.29, 1.82) is 0 Å². The van der Waals surface area contributed by atoms with E-state index in [-0.39, 0.29) is 0 Å². The molecule has 2 atom stereocenters. The molecule has 8 aromatic heterocycles. The molecule has 0 spiro atoms. The van der Waals surface area contributed by atoms with E-state index in [9.17, 15) is 0 Å². The second-order valence-corrected chi connectivity index (χ2v) is 33.4. The second kappa shape index (κ2) is 28.1. The van der Waals surface area contributed by atoms with Crippen LogP contribution >= 0.6 is 23.1 Å². The van der Waals surface area contributed by atoms with Gasteiger partial charge < -0.3 is 4.42 Å². The molecule has 2 aliphatic rings. The molecule has 0 saturated carbocycles. The summed E-state index contributed by atoms with van der Waals surface area (Å²) in [5, 5.41) is 21.9. The number of hydrogen-bond donors (Lipinski definition) is 0. The molecule has 2 unspecified atom stereocenters. The van der Waals surface area contributed by atoms with Gasteiger partial charge in [0.15, 0.2) is 11.6 Å². The molecule has 0 fully saturated rings. The Morgan fingerprint density at radius 1 is 0.262 bits per heavy atom. The van der Waals surface area contributed by atoms with Gasteiger partial charge >= 0.3 is 0 Å². The van der Waals surface area contributed by atoms with Crippen LogP contribution < -0.4 is 0 Å². The van der Waals surface area contributed by atoms with Crippen LogP contribution in [0.2, 0.25) is 0 Å². The van der Waals surface area contributed by atoms with Crippen LogP contribution in [0.3, 0.4) is 0 Å². The summed E-state index contributed by atoms with van der Waals surface area (Å²) < 4.78 is 16.1. The van der Waals surface area contributed by atoms with Crippen LogP contribution in [-0.4, -0.2) is 53.8 Å². The monoisotopic (exact) mass is 1590 g/mol. The van der Waals surface area contributed by atoms with Crippen molar-refractivity contribution in [2.45, 2.75) is 16.1 Å². The number of thiophene rings is 1. The smallest absolute Gasteiger partial charge is 0.238 e. The van der Waals surface area contributed by atoms with E-state index in [1.807, 2.05) is 102 Å². The predicted octanol–water partition coefficient (Wildman–Crippen LogP) is 28.5. The van der Waals surface area contributed by atoms with Gasteiger partial charge in [0.1, 0.15) is 11.2 Å². The van der Waals surface area contributed by atoms with Crippen LogP contribution in [0, 0.1) is 0 Å². The van der Waals surface area contributed by atoms with Crippen molar-refractivity contribution in [2.24, 2.45) is 0 Å². The molecule has 122 heavy (non-hydrogen) atoms. The van der Waals surface area contributed by atoms with E-state index in [1.165, 1.54) is 79.1 Å². The van der Waals surface area contributed by atoms with Crippen LogP contribution in [0.25, 0.3) is 225 Å². The summed E-state index contributed by atoms with van der Waals surface area (Å²) in [4.78, 5) is 37.3. The van der Waals surface area contributed by atoms with Gasteiger partial charge in [0, 0.05) is 118 Å². The van der Waals surface area contributed by atoms with Gasteiger partial charge in [0.2, 0.25) is 17.8 Å². The molecular formula is C109H66N10OS2. The molecule has 11 nitrogen and oxygen atoms in total. The molecule has 17 aromatic carbocycles. The highest BCUT2D eigenvalue weighted by Crippen LogP contribution is 2.57. The molecule has 27 rings (SSSR count). The van der Waals surface area contributed by atoms with Crippen molar-refractivity contribution in [3.05, 3.63) is 394 Å². The normalized spacial score (nSPS) is 13.8. The number of aromatic nitrogens is 10. The Hall–Kier alpha value is -15.5.